The van der Waals surface area contributed by atoms with Crippen molar-refractivity contribution in [3.63, 3.8) is 0 Å². The van der Waals surface area contributed by atoms with E-state index in [1.54, 1.807) is 12.4 Å². The van der Waals surface area contributed by atoms with Gasteiger partial charge >= 0.3 is 0 Å². The Hall–Kier alpha value is -2.35. The van der Waals surface area contributed by atoms with Crippen LogP contribution in [0.1, 0.15) is 24.2 Å². The molecule has 2 saturated heterocycles. The number of nitrogens with zero attached hydrogens (tertiary/aromatic N) is 4. The highest BCUT2D eigenvalue weighted by atomic mass is 16.7. The molecular formula is C22H26N4O3. The first-order valence-electron chi connectivity index (χ1n) is 10.3. The van der Waals surface area contributed by atoms with Gasteiger partial charge in [-0.1, -0.05) is 30.3 Å². The summed E-state index contributed by atoms with van der Waals surface area (Å²) in [4.78, 5) is 26.3. The highest BCUT2D eigenvalue weighted by Gasteiger charge is 2.55. The molecule has 0 N–H and O–H groups in total. The molecule has 3 heterocycles. The largest absolute Gasteiger partial charge is 0.346 e. The topological polar surface area (TPSA) is 67.8 Å². The fourth-order valence-corrected chi connectivity index (χ4v) is 4.50. The molecule has 1 spiro atoms. The van der Waals surface area contributed by atoms with Gasteiger partial charge in [0.15, 0.2) is 5.79 Å². The first kappa shape index (κ1) is 18.7. The second-order valence-corrected chi connectivity index (χ2v) is 8.16. The van der Waals surface area contributed by atoms with E-state index in [0.29, 0.717) is 39.4 Å². The summed E-state index contributed by atoms with van der Waals surface area (Å²) in [5.74, 6) is 0.223. The van der Waals surface area contributed by atoms with Crippen molar-refractivity contribution in [3.8, 4) is 0 Å². The molecule has 0 bridgehead atoms. The molecule has 152 valence electrons. The van der Waals surface area contributed by atoms with Crippen molar-refractivity contribution >= 4 is 5.91 Å². The Morgan fingerprint density at radius 2 is 1.69 bits per heavy atom. The van der Waals surface area contributed by atoms with Gasteiger partial charge in [0.05, 0.1) is 38.3 Å². The highest BCUT2D eigenvalue weighted by Crippen LogP contribution is 2.50. The second-order valence-electron chi connectivity index (χ2n) is 8.16. The minimum Gasteiger partial charge on any atom is -0.346 e. The Kier molecular flexibility index (Phi) is 4.81. The van der Waals surface area contributed by atoms with Crippen LogP contribution in [-0.2, 0) is 26.2 Å². The minimum absolute atomic E-state index is 0.207. The Labute approximate surface area is 170 Å². The average molecular weight is 394 g/mol. The number of morpholine rings is 2. The van der Waals surface area contributed by atoms with Gasteiger partial charge in [0.25, 0.3) is 0 Å². The third-order valence-electron chi connectivity index (χ3n) is 6.15. The number of aromatic nitrogens is 2. The standard InChI is InChI=1S/C22H26N4O3/c27-20(21(7-8-21)18-5-2-1-3-6-18)26-12-14-29-22(17-26)16-25(11-13-28-22)15-19-23-9-4-10-24-19/h1-6,9-10H,7-8,11-17H2. The SMILES string of the molecule is O=C(N1CCOC2(CN(Cc3ncccn3)CCO2)C1)C1(c2ccccc2)CC1. The summed E-state index contributed by atoms with van der Waals surface area (Å²) in [6, 6.07) is 12.0. The molecule has 1 amide bonds. The predicted octanol–water partition coefficient (Wildman–Crippen LogP) is 1.60. The van der Waals surface area contributed by atoms with E-state index in [1.807, 2.05) is 29.2 Å². The fraction of sp³-hybridized carbons (Fsp3) is 0.500. The molecule has 5 rings (SSSR count). The van der Waals surface area contributed by atoms with Crippen LogP contribution in [0.25, 0.3) is 0 Å². The van der Waals surface area contributed by atoms with E-state index in [0.717, 1.165) is 30.8 Å². The molecule has 1 aliphatic carbocycles. The van der Waals surface area contributed by atoms with Crippen LogP contribution in [0, 0.1) is 0 Å². The van der Waals surface area contributed by atoms with Gasteiger partial charge in [-0.05, 0) is 24.5 Å². The van der Waals surface area contributed by atoms with Crippen molar-refractivity contribution in [1.82, 2.24) is 19.8 Å². The maximum atomic E-state index is 13.5. The summed E-state index contributed by atoms with van der Waals surface area (Å²) in [5, 5.41) is 0. The molecule has 1 atom stereocenters. The monoisotopic (exact) mass is 394 g/mol. The fourth-order valence-electron chi connectivity index (χ4n) is 4.50. The maximum absolute atomic E-state index is 13.5. The van der Waals surface area contributed by atoms with Crippen molar-refractivity contribution in [2.45, 2.75) is 30.6 Å². The van der Waals surface area contributed by atoms with Gasteiger partial charge < -0.3 is 14.4 Å². The van der Waals surface area contributed by atoms with Crippen LogP contribution in [0.4, 0.5) is 0 Å². The molecule has 1 aromatic heterocycles. The van der Waals surface area contributed by atoms with Gasteiger partial charge in [-0.15, -0.1) is 0 Å². The van der Waals surface area contributed by atoms with Gasteiger partial charge in [-0.3, -0.25) is 9.69 Å². The van der Waals surface area contributed by atoms with Gasteiger partial charge in [0, 0.05) is 25.5 Å². The van der Waals surface area contributed by atoms with Crippen LogP contribution >= 0.6 is 0 Å². The number of benzene rings is 1. The molecule has 1 unspecified atom stereocenters. The number of ether oxygens (including phenoxy) is 2. The number of hydrogen-bond donors (Lipinski definition) is 0. The van der Waals surface area contributed by atoms with Crippen molar-refractivity contribution in [2.24, 2.45) is 0 Å². The second kappa shape index (κ2) is 7.48. The summed E-state index contributed by atoms with van der Waals surface area (Å²) in [7, 11) is 0. The first-order valence-corrected chi connectivity index (χ1v) is 10.3. The van der Waals surface area contributed by atoms with E-state index >= 15 is 0 Å². The Bertz CT molecular complexity index is 855. The lowest BCUT2D eigenvalue weighted by Crippen LogP contribution is -2.63. The lowest BCUT2D eigenvalue weighted by molar-refractivity contribution is -0.290. The summed E-state index contributed by atoms with van der Waals surface area (Å²) < 4.78 is 12.2. The van der Waals surface area contributed by atoms with E-state index in [2.05, 4.69) is 27.0 Å². The summed E-state index contributed by atoms with van der Waals surface area (Å²) in [5.41, 5.74) is 0.768. The van der Waals surface area contributed by atoms with Crippen LogP contribution in [0.15, 0.2) is 48.8 Å². The molecule has 7 heteroatoms. The van der Waals surface area contributed by atoms with Crippen LogP contribution < -0.4 is 0 Å². The van der Waals surface area contributed by atoms with Crippen LogP contribution in [0.3, 0.4) is 0 Å². The van der Waals surface area contributed by atoms with E-state index in [-0.39, 0.29) is 11.3 Å². The average Bonchev–Trinajstić information content (AvgIpc) is 3.57. The molecule has 3 aliphatic rings. The third kappa shape index (κ3) is 3.66. The number of amides is 1. The minimum atomic E-state index is -0.770. The summed E-state index contributed by atoms with van der Waals surface area (Å²) in [6.07, 6.45) is 5.35. The molecule has 7 nitrogen and oxygen atoms in total. The van der Waals surface area contributed by atoms with Crippen molar-refractivity contribution in [2.75, 3.05) is 39.4 Å². The van der Waals surface area contributed by atoms with Crippen LogP contribution in [-0.4, -0.2) is 70.9 Å². The van der Waals surface area contributed by atoms with Crippen molar-refractivity contribution in [1.29, 1.82) is 0 Å². The quantitative estimate of drug-likeness (QED) is 0.785. The molecular weight excluding hydrogens is 368 g/mol. The summed E-state index contributed by atoms with van der Waals surface area (Å²) in [6.45, 7) is 4.19. The normalized spacial score (nSPS) is 26.4. The van der Waals surface area contributed by atoms with Crippen LogP contribution in [0.5, 0.6) is 0 Å². The molecule has 0 radical (unpaired) electrons. The van der Waals surface area contributed by atoms with Gasteiger partial charge in [0.1, 0.15) is 5.82 Å². The molecule has 2 aromatic rings. The van der Waals surface area contributed by atoms with E-state index in [4.69, 9.17) is 9.47 Å². The van der Waals surface area contributed by atoms with Gasteiger partial charge in [-0.2, -0.15) is 0 Å². The zero-order chi connectivity index (χ0) is 19.7. The smallest absolute Gasteiger partial charge is 0.233 e. The molecule has 2 aliphatic heterocycles. The molecule has 1 aromatic carbocycles. The lowest BCUT2D eigenvalue weighted by Gasteiger charge is -2.47. The molecule has 1 saturated carbocycles. The Morgan fingerprint density at radius 1 is 0.966 bits per heavy atom. The number of carbonyl (C=O) groups excluding carboxylic acids is 1. The van der Waals surface area contributed by atoms with E-state index in [1.165, 1.54) is 0 Å². The van der Waals surface area contributed by atoms with Crippen LogP contribution in [0.2, 0.25) is 0 Å². The Morgan fingerprint density at radius 3 is 2.41 bits per heavy atom. The maximum Gasteiger partial charge on any atom is 0.233 e. The zero-order valence-electron chi connectivity index (χ0n) is 16.5. The third-order valence-corrected chi connectivity index (χ3v) is 6.15. The van der Waals surface area contributed by atoms with Crippen molar-refractivity contribution < 1.29 is 14.3 Å². The zero-order valence-corrected chi connectivity index (χ0v) is 16.5. The number of rotatable bonds is 4. The number of hydrogen-bond acceptors (Lipinski definition) is 6. The highest BCUT2D eigenvalue weighted by molar-refractivity contribution is 5.91. The lowest BCUT2D eigenvalue weighted by atomic mass is 9.93. The Balaban J connectivity index is 1.29. The molecule has 29 heavy (non-hydrogen) atoms. The number of carbonyl (C=O) groups is 1. The van der Waals surface area contributed by atoms with E-state index in [9.17, 15) is 4.79 Å². The predicted molar refractivity (Wildman–Crippen MR) is 106 cm³/mol. The van der Waals surface area contributed by atoms with E-state index < -0.39 is 5.79 Å². The van der Waals surface area contributed by atoms with Gasteiger partial charge in [-0.25, -0.2) is 9.97 Å². The van der Waals surface area contributed by atoms with Crippen molar-refractivity contribution in [3.05, 3.63) is 60.2 Å². The molecule has 3 fully saturated rings. The van der Waals surface area contributed by atoms with Gasteiger partial charge in [0.2, 0.25) is 5.91 Å². The first-order chi connectivity index (χ1) is 14.2. The summed E-state index contributed by atoms with van der Waals surface area (Å²) >= 11 is 0.